The Morgan fingerprint density at radius 3 is 2.62 bits per heavy atom. The molecule has 1 atom stereocenters. The summed E-state index contributed by atoms with van der Waals surface area (Å²) in [6.45, 7) is 1.53. The van der Waals surface area contributed by atoms with Crippen molar-refractivity contribution in [2.45, 2.75) is 19.8 Å². The first-order valence-corrected chi connectivity index (χ1v) is 11.0. The number of nitrogens with zero attached hydrogens (tertiary/aromatic N) is 1. The number of amides is 1. The van der Waals surface area contributed by atoms with E-state index in [1.54, 1.807) is 48.5 Å². The highest BCUT2D eigenvalue weighted by atomic mass is 16.5. The van der Waals surface area contributed by atoms with E-state index in [0.29, 0.717) is 17.0 Å². The van der Waals surface area contributed by atoms with Crippen molar-refractivity contribution in [3.05, 3.63) is 76.9 Å². The molecule has 2 aromatic carbocycles. The van der Waals surface area contributed by atoms with Gasteiger partial charge in [0.1, 0.15) is 17.6 Å². The van der Waals surface area contributed by atoms with Gasteiger partial charge >= 0.3 is 0 Å². The Morgan fingerprint density at radius 1 is 1.15 bits per heavy atom. The Balaban J connectivity index is 1.54. The zero-order valence-electron chi connectivity index (χ0n) is 19.0. The lowest BCUT2D eigenvalue weighted by atomic mass is 9.84. The molecular formula is C27H24N2O5. The van der Waals surface area contributed by atoms with Crippen LogP contribution in [0.1, 0.15) is 28.8 Å². The summed E-state index contributed by atoms with van der Waals surface area (Å²) in [6, 6.07) is 14.0. The second-order valence-electron chi connectivity index (χ2n) is 8.39. The number of para-hydroxylation sites is 2. The molecule has 1 amide bonds. The molecule has 7 nitrogen and oxygen atoms in total. The highest BCUT2D eigenvalue weighted by Gasteiger charge is 2.39. The number of methoxy groups -OCH3 is 1. The first-order chi connectivity index (χ1) is 16.4. The molecule has 0 saturated heterocycles. The van der Waals surface area contributed by atoms with Crippen LogP contribution in [0.3, 0.4) is 0 Å². The number of carbonyl (C=O) groups is 3. The predicted octanol–water partition coefficient (Wildman–Crippen LogP) is 4.19. The largest absolute Gasteiger partial charge is 0.495 e. The summed E-state index contributed by atoms with van der Waals surface area (Å²) < 4.78 is 11.0. The van der Waals surface area contributed by atoms with Crippen LogP contribution in [-0.4, -0.2) is 31.2 Å². The van der Waals surface area contributed by atoms with E-state index in [0.717, 1.165) is 18.4 Å². The zero-order valence-corrected chi connectivity index (χ0v) is 19.0. The van der Waals surface area contributed by atoms with Crippen LogP contribution >= 0.6 is 0 Å². The van der Waals surface area contributed by atoms with Gasteiger partial charge in [-0.3, -0.25) is 14.4 Å². The Bertz CT molecular complexity index is 1260. The maximum atomic E-state index is 13.4. The summed E-state index contributed by atoms with van der Waals surface area (Å²) in [5.41, 5.74) is 1.91. The molecule has 0 bridgehead atoms. The lowest BCUT2D eigenvalue weighted by molar-refractivity contribution is -0.118. The van der Waals surface area contributed by atoms with Gasteiger partial charge in [0.25, 0.3) is 5.91 Å². The van der Waals surface area contributed by atoms with Gasteiger partial charge in [-0.2, -0.15) is 5.26 Å². The van der Waals surface area contributed by atoms with E-state index < -0.39 is 11.8 Å². The molecule has 2 aliphatic rings. The fourth-order valence-electron chi connectivity index (χ4n) is 3.94. The molecule has 1 saturated carbocycles. The number of ketones is 2. The quantitative estimate of drug-likeness (QED) is 0.597. The van der Waals surface area contributed by atoms with E-state index >= 15 is 0 Å². The second kappa shape index (κ2) is 9.75. The van der Waals surface area contributed by atoms with E-state index in [1.807, 2.05) is 13.0 Å². The minimum absolute atomic E-state index is 0.00550. The van der Waals surface area contributed by atoms with Crippen molar-refractivity contribution in [3.63, 3.8) is 0 Å². The number of aryl methyl sites for hydroxylation is 1. The normalized spacial score (nSPS) is 17.2. The highest BCUT2D eigenvalue weighted by molar-refractivity contribution is 6.16. The first-order valence-electron chi connectivity index (χ1n) is 11.0. The predicted molar refractivity (Wildman–Crippen MR) is 126 cm³/mol. The number of benzene rings is 2. The van der Waals surface area contributed by atoms with Crippen molar-refractivity contribution in [3.8, 4) is 17.6 Å². The second-order valence-corrected chi connectivity index (χ2v) is 8.39. The first kappa shape index (κ1) is 23.0. The lowest BCUT2D eigenvalue weighted by Crippen LogP contribution is -2.23. The van der Waals surface area contributed by atoms with Crippen LogP contribution in [0.5, 0.6) is 11.5 Å². The summed E-state index contributed by atoms with van der Waals surface area (Å²) in [7, 11) is 1.51. The van der Waals surface area contributed by atoms with Crippen LogP contribution in [-0.2, 0) is 9.59 Å². The van der Waals surface area contributed by atoms with Crippen molar-refractivity contribution in [2.24, 2.45) is 11.8 Å². The molecule has 0 spiro atoms. The average molecular weight is 456 g/mol. The smallest absolute Gasteiger partial charge is 0.262 e. The number of rotatable bonds is 8. The minimum Gasteiger partial charge on any atom is -0.495 e. The van der Waals surface area contributed by atoms with Crippen molar-refractivity contribution in [2.75, 3.05) is 19.0 Å². The molecule has 0 aliphatic heterocycles. The van der Waals surface area contributed by atoms with Gasteiger partial charge < -0.3 is 14.8 Å². The molecule has 4 rings (SSSR count). The Labute approximate surface area is 197 Å². The molecule has 2 aliphatic carbocycles. The van der Waals surface area contributed by atoms with Crippen LogP contribution in [0.15, 0.2) is 65.8 Å². The van der Waals surface area contributed by atoms with E-state index in [2.05, 4.69) is 5.32 Å². The number of carbonyl (C=O) groups excluding carboxylic acids is 3. The highest BCUT2D eigenvalue weighted by Crippen LogP contribution is 2.41. The molecular weight excluding hydrogens is 432 g/mol. The SMILES string of the molecule is COc1ccccc1NC(=O)COc1ccc(C)cc1C(=O)C1=C[C@H](C2CC2)C(=O)C(C#N)=C1. The standard InChI is InChI=1S/C27H24N2O5/c1-16-7-10-23(34-15-25(30)29-22-5-3-4-6-24(22)33-2)21(11-16)26(31)18-12-19(14-28)27(32)20(13-18)17-8-9-17/h3-7,10-13,17,20H,8-9,15H2,1-2H3,(H,29,30)/t20-/m1/s1. The Kier molecular flexibility index (Phi) is 6.60. The molecule has 7 heteroatoms. The topological polar surface area (TPSA) is 105 Å². The van der Waals surface area contributed by atoms with Crippen LogP contribution < -0.4 is 14.8 Å². The van der Waals surface area contributed by atoms with Gasteiger partial charge in [0.05, 0.1) is 23.9 Å². The number of hydrogen-bond donors (Lipinski definition) is 1. The van der Waals surface area contributed by atoms with Crippen LogP contribution in [0.2, 0.25) is 0 Å². The van der Waals surface area contributed by atoms with Crippen molar-refractivity contribution < 1.29 is 23.9 Å². The molecule has 2 aromatic rings. The van der Waals surface area contributed by atoms with Crippen molar-refractivity contribution in [1.29, 1.82) is 5.26 Å². The number of nitrogens with one attached hydrogen (secondary N) is 1. The third-order valence-electron chi connectivity index (χ3n) is 5.86. The van der Waals surface area contributed by atoms with Gasteiger partial charge in [-0.05, 0) is 56.0 Å². The van der Waals surface area contributed by atoms with Gasteiger partial charge in [0.15, 0.2) is 18.2 Å². The van der Waals surface area contributed by atoms with Gasteiger partial charge in [-0.25, -0.2) is 0 Å². The van der Waals surface area contributed by atoms with Crippen LogP contribution in [0.25, 0.3) is 0 Å². The fourth-order valence-corrected chi connectivity index (χ4v) is 3.94. The summed E-state index contributed by atoms with van der Waals surface area (Å²) in [5.74, 6) is -0.486. The van der Waals surface area contributed by atoms with Crippen LogP contribution in [0, 0.1) is 30.1 Å². The summed E-state index contributed by atoms with van der Waals surface area (Å²) in [6.07, 6.45) is 4.84. The molecule has 172 valence electrons. The van der Waals surface area contributed by atoms with Gasteiger partial charge in [-0.1, -0.05) is 29.8 Å². The molecule has 1 fully saturated rings. The Morgan fingerprint density at radius 2 is 1.91 bits per heavy atom. The molecule has 1 N–H and O–H groups in total. The fraction of sp³-hybridized carbons (Fsp3) is 0.259. The van der Waals surface area contributed by atoms with E-state index in [4.69, 9.17) is 9.47 Å². The van der Waals surface area contributed by atoms with Crippen molar-refractivity contribution in [1.82, 2.24) is 0 Å². The third-order valence-corrected chi connectivity index (χ3v) is 5.86. The zero-order chi connectivity index (χ0) is 24.2. The number of allylic oxidation sites excluding steroid dienone is 4. The molecule has 0 unspecified atom stereocenters. The molecule has 34 heavy (non-hydrogen) atoms. The van der Waals surface area contributed by atoms with Gasteiger partial charge in [0.2, 0.25) is 0 Å². The summed E-state index contributed by atoms with van der Waals surface area (Å²) in [4.78, 5) is 38.4. The number of Topliss-reactive ketones (excluding diaryl/α,β-unsaturated/α-hetero) is 2. The third kappa shape index (κ3) is 4.91. The maximum Gasteiger partial charge on any atom is 0.262 e. The molecule has 0 radical (unpaired) electrons. The minimum atomic E-state index is -0.445. The Hall–Kier alpha value is -4.18. The summed E-state index contributed by atoms with van der Waals surface area (Å²) in [5, 5.41) is 12.1. The monoisotopic (exact) mass is 456 g/mol. The number of ether oxygens (including phenoxy) is 2. The van der Waals surface area contributed by atoms with E-state index in [-0.39, 0.29) is 41.0 Å². The summed E-state index contributed by atoms with van der Waals surface area (Å²) >= 11 is 0. The number of nitriles is 1. The number of anilines is 1. The molecule has 0 heterocycles. The maximum absolute atomic E-state index is 13.4. The average Bonchev–Trinajstić information content (AvgIpc) is 3.68. The number of hydrogen-bond acceptors (Lipinski definition) is 6. The van der Waals surface area contributed by atoms with Crippen LogP contribution in [0.4, 0.5) is 5.69 Å². The van der Waals surface area contributed by atoms with Gasteiger partial charge in [-0.15, -0.1) is 0 Å². The van der Waals surface area contributed by atoms with Crippen molar-refractivity contribution >= 4 is 23.2 Å². The molecule has 0 aromatic heterocycles. The van der Waals surface area contributed by atoms with E-state index in [9.17, 15) is 19.6 Å². The lowest BCUT2D eigenvalue weighted by Gasteiger charge is -2.18. The van der Waals surface area contributed by atoms with Gasteiger partial charge in [0, 0.05) is 11.5 Å². The van der Waals surface area contributed by atoms with E-state index in [1.165, 1.54) is 13.2 Å².